The van der Waals surface area contributed by atoms with Crippen molar-refractivity contribution in [2.24, 2.45) is 50.2 Å². The number of fused-ring (bicyclic) bond motifs is 7. The van der Waals surface area contributed by atoms with Gasteiger partial charge in [0.2, 0.25) is 0 Å². The van der Waals surface area contributed by atoms with Crippen LogP contribution in [0.1, 0.15) is 113 Å². The Kier molecular flexibility index (Phi) is 5.02. The van der Waals surface area contributed by atoms with E-state index in [0.717, 1.165) is 12.3 Å². The topological polar surface area (TPSA) is 40.5 Å². The third-order valence-corrected chi connectivity index (χ3v) is 13.5. The highest BCUT2D eigenvalue weighted by Crippen LogP contribution is 2.77. The zero-order valence-electron chi connectivity index (χ0n) is 22.1. The molecule has 5 rings (SSSR count). The number of rotatable bonds is 1. The molecule has 2 N–H and O–H groups in total. The molecule has 0 heterocycles. The van der Waals surface area contributed by atoms with E-state index in [-0.39, 0.29) is 27.8 Å². The fraction of sp³-hybridized carbons (Fsp3) is 0.933. The number of aliphatic hydroxyl groups excluding tert-OH is 2. The molecule has 182 valence electrons. The Morgan fingerprint density at radius 3 is 2.25 bits per heavy atom. The summed E-state index contributed by atoms with van der Waals surface area (Å²) in [4.78, 5) is 0. The van der Waals surface area contributed by atoms with E-state index in [9.17, 15) is 10.2 Å². The molecule has 4 saturated carbocycles. The van der Waals surface area contributed by atoms with Gasteiger partial charge in [0.05, 0.1) is 6.10 Å². The first-order valence-electron chi connectivity index (χ1n) is 13.8. The summed E-state index contributed by atoms with van der Waals surface area (Å²) in [5.74, 6) is 2.06. The average molecular weight is 443 g/mol. The van der Waals surface area contributed by atoms with Gasteiger partial charge in [-0.25, -0.2) is 0 Å². The summed E-state index contributed by atoms with van der Waals surface area (Å²) in [6, 6.07) is 0. The second-order valence-electron chi connectivity index (χ2n) is 14.7. The quantitative estimate of drug-likeness (QED) is 0.424. The Bertz CT molecular complexity index is 814. The van der Waals surface area contributed by atoms with Gasteiger partial charge in [-0.1, -0.05) is 66.5 Å². The highest BCUT2D eigenvalue weighted by atomic mass is 16.3. The van der Waals surface area contributed by atoms with Gasteiger partial charge in [-0.15, -0.1) is 0 Å². The van der Waals surface area contributed by atoms with E-state index < -0.39 is 0 Å². The fourth-order valence-corrected chi connectivity index (χ4v) is 11.2. The van der Waals surface area contributed by atoms with Crippen molar-refractivity contribution < 1.29 is 10.2 Å². The minimum Gasteiger partial charge on any atom is -0.396 e. The van der Waals surface area contributed by atoms with Crippen LogP contribution in [0.3, 0.4) is 0 Å². The summed E-state index contributed by atoms with van der Waals surface area (Å²) in [6.45, 7) is 17.9. The van der Waals surface area contributed by atoms with Crippen molar-refractivity contribution >= 4 is 0 Å². The summed E-state index contributed by atoms with van der Waals surface area (Å²) in [5, 5.41) is 21.6. The van der Waals surface area contributed by atoms with Crippen LogP contribution in [-0.2, 0) is 0 Å². The normalized spacial score (nSPS) is 56.8. The van der Waals surface area contributed by atoms with Gasteiger partial charge in [0.25, 0.3) is 0 Å². The van der Waals surface area contributed by atoms with Crippen molar-refractivity contribution in [3.8, 4) is 0 Å². The van der Waals surface area contributed by atoms with Crippen LogP contribution in [0.2, 0.25) is 0 Å². The van der Waals surface area contributed by atoms with Crippen molar-refractivity contribution in [3.63, 3.8) is 0 Å². The van der Waals surface area contributed by atoms with Gasteiger partial charge in [-0.2, -0.15) is 0 Å². The van der Waals surface area contributed by atoms with E-state index in [1.165, 1.54) is 57.8 Å². The van der Waals surface area contributed by atoms with E-state index in [1.807, 2.05) is 0 Å². The van der Waals surface area contributed by atoms with Gasteiger partial charge in [-0.3, -0.25) is 0 Å². The minimum absolute atomic E-state index is 0.0165. The van der Waals surface area contributed by atoms with Crippen LogP contribution in [-0.4, -0.2) is 22.9 Å². The molecule has 4 fully saturated rings. The smallest absolute Gasteiger partial charge is 0.0594 e. The third kappa shape index (κ3) is 2.55. The molecule has 32 heavy (non-hydrogen) atoms. The number of hydrogen-bond acceptors (Lipinski definition) is 2. The Hall–Kier alpha value is -0.340. The second kappa shape index (κ2) is 6.87. The molecular weight excluding hydrogens is 392 g/mol. The van der Waals surface area contributed by atoms with Crippen LogP contribution >= 0.6 is 0 Å². The molecule has 0 radical (unpaired) electrons. The van der Waals surface area contributed by atoms with E-state index in [1.54, 1.807) is 5.57 Å². The summed E-state index contributed by atoms with van der Waals surface area (Å²) >= 11 is 0. The molecule has 0 saturated heterocycles. The van der Waals surface area contributed by atoms with Crippen LogP contribution in [0.15, 0.2) is 11.6 Å². The van der Waals surface area contributed by atoms with Gasteiger partial charge in [0.15, 0.2) is 0 Å². The molecule has 0 bridgehead atoms. The number of allylic oxidation sites excluding steroid dienone is 2. The standard InChI is InChI=1S/C30H50O2/c1-20-10-15-30(19-31)17-16-28(6)23(29(30,7)18-20)9-8-22-26(4)13-12-24(32)25(2,3)21(26)11-14-27(22,28)5/h9,20-22,24,31-32H,8,10-19H2,1-7H3/t20-,21+,22-,24+,26+,27-,28-,29+,30-/m1/s1. The van der Waals surface area contributed by atoms with E-state index in [4.69, 9.17) is 0 Å². The highest BCUT2D eigenvalue weighted by molar-refractivity contribution is 5.37. The van der Waals surface area contributed by atoms with E-state index >= 15 is 0 Å². The summed E-state index contributed by atoms with van der Waals surface area (Å²) < 4.78 is 0. The van der Waals surface area contributed by atoms with E-state index in [2.05, 4.69) is 54.5 Å². The Balaban J connectivity index is 1.61. The maximum Gasteiger partial charge on any atom is 0.0594 e. The largest absolute Gasteiger partial charge is 0.396 e. The fourth-order valence-electron chi connectivity index (χ4n) is 11.2. The lowest BCUT2D eigenvalue weighted by molar-refractivity contribution is -0.210. The van der Waals surface area contributed by atoms with Crippen molar-refractivity contribution in [2.75, 3.05) is 6.61 Å². The maximum absolute atomic E-state index is 10.9. The van der Waals surface area contributed by atoms with Crippen molar-refractivity contribution in [1.29, 1.82) is 0 Å². The molecule has 0 unspecified atom stereocenters. The third-order valence-electron chi connectivity index (χ3n) is 13.5. The van der Waals surface area contributed by atoms with Crippen molar-refractivity contribution in [2.45, 2.75) is 119 Å². The average Bonchev–Trinajstić information content (AvgIpc) is 2.72. The molecule has 0 aromatic heterocycles. The first kappa shape index (κ1) is 23.4. The van der Waals surface area contributed by atoms with Crippen LogP contribution in [0.4, 0.5) is 0 Å². The van der Waals surface area contributed by atoms with Gasteiger partial charge in [-0.05, 0) is 103 Å². The molecule has 0 amide bonds. The predicted molar refractivity (Wildman–Crippen MR) is 132 cm³/mol. The summed E-state index contributed by atoms with van der Waals surface area (Å²) in [6.07, 6.45) is 14.6. The predicted octanol–water partition coefficient (Wildman–Crippen LogP) is 7.14. The SMILES string of the molecule is C[C@@H]1CC[C@]2(CO)CC[C@]3(C)C(=CC[C@@H]4[C@@]5(C)CC[C@H](O)C(C)(C)[C@@H]5CC[C@]43C)[C@]2(C)C1. The van der Waals surface area contributed by atoms with Gasteiger partial charge >= 0.3 is 0 Å². The summed E-state index contributed by atoms with van der Waals surface area (Å²) in [5.41, 5.74) is 2.83. The van der Waals surface area contributed by atoms with Crippen molar-refractivity contribution in [3.05, 3.63) is 11.6 Å². The maximum atomic E-state index is 10.9. The van der Waals surface area contributed by atoms with Crippen LogP contribution in [0.25, 0.3) is 0 Å². The van der Waals surface area contributed by atoms with E-state index in [0.29, 0.717) is 29.3 Å². The van der Waals surface area contributed by atoms with Gasteiger partial charge < -0.3 is 10.2 Å². The highest BCUT2D eigenvalue weighted by Gasteiger charge is 2.70. The Morgan fingerprint density at radius 1 is 0.844 bits per heavy atom. The lowest BCUT2D eigenvalue weighted by atomic mass is 9.32. The molecule has 9 atom stereocenters. The first-order valence-corrected chi connectivity index (χ1v) is 13.8. The molecule has 5 aliphatic carbocycles. The molecule has 2 heteroatoms. The number of hydrogen-bond donors (Lipinski definition) is 2. The molecule has 0 aromatic rings. The Labute approximate surface area is 197 Å². The molecule has 0 spiro atoms. The molecule has 2 nitrogen and oxygen atoms in total. The zero-order valence-corrected chi connectivity index (χ0v) is 22.1. The Morgan fingerprint density at radius 2 is 1.56 bits per heavy atom. The number of aliphatic hydroxyl groups is 2. The molecule has 0 aromatic carbocycles. The van der Waals surface area contributed by atoms with Gasteiger partial charge in [0.1, 0.15) is 0 Å². The molecular formula is C30H50O2. The van der Waals surface area contributed by atoms with Crippen LogP contribution < -0.4 is 0 Å². The molecule has 5 aliphatic rings. The first-order chi connectivity index (χ1) is 14.8. The van der Waals surface area contributed by atoms with Crippen LogP contribution in [0, 0.1) is 50.2 Å². The lowest BCUT2D eigenvalue weighted by Crippen LogP contribution is -2.66. The van der Waals surface area contributed by atoms with Crippen LogP contribution in [0.5, 0.6) is 0 Å². The summed E-state index contributed by atoms with van der Waals surface area (Å²) in [7, 11) is 0. The minimum atomic E-state index is -0.155. The zero-order chi connectivity index (χ0) is 23.4. The second-order valence-corrected chi connectivity index (χ2v) is 14.7. The molecule has 0 aliphatic heterocycles. The van der Waals surface area contributed by atoms with Crippen molar-refractivity contribution in [1.82, 2.24) is 0 Å². The lowest BCUT2D eigenvalue weighted by Gasteiger charge is -2.73. The van der Waals surface area contributed by atoms with Gasteiger partial charge in [0, 0.05) is 12.0 Å². The monoisotopic (exact) mass is 442 g/mol.